The molecule has 18 heavy (non-hydrogen) atoms. The van der Waals surface area contributed by atoms with Gasteiger partial charge < -0.3 is 10.7 Å². The third kappa shape index (κ3) is 1.56. The average molecular weight is 243 g/mol. The number of pyridine rings is 1. The molecule has 0 aliphatic heterocycles. The minimum Gasteiger partial charge on any atom is -0.382 e. The van der Waals surface area contributed by atoms with Crippen molar-refractivity contribution < 1.29 is 0 Å². The molecule has 0 amide bonds. The summed E-state index contributed by atoms with van der Waals surface area (Å²) in [6.45, 7) is 0. The molecule has 1 unspecified atom stereocenters. The minimum absolute atomic E-state index is 0.0246. The number of nitrogens with two attached hydrogens (primary N) is 1. The van der Waals surface area contributed by atoms with Crippen LogP contribution in [0.4, 0.5) is 5.82 Å². The van der Waals surface area contributed by atoms with Gasteiger partial charge in [-0.25, -0.2) is 0 Å². The van der Waals surface area contributed by atoms with Gasteiger partial charge in [0.05, 0.1) is 24.0 Å². The van der Waals surface area contributed by atoms with Crippen LogP contribution in [-0.4, -0.2) is 14.8 Å². The van der Waals surface area contributed by atoms with Crippen molar-refractivity contribution in [1.82, 2.24) is 14.8 Å². The number of nitrogen functional groups attached to an aromatic ring is 1. The summed E-state index contributed by atoms with van der Waals surface area (Å²) in [6.07, 6.45) is 4.19. The fourth-order valence-corrected chi connectivity index (χ4v) is 2.41. The second-order valence-corrected chi connectivity index (χ2v) is 4.66. The zero-order valence-corrected chi connectivity index (χ0v) is 9.76. The van der Waals surface area contributed by atoms with Crippen LogP contribution in [0.5, 0.6) is 0 Å². The molecule has 92 valence electrons. The minimum atomic E-state index is -0.234. The van der Waals surface area contributed by atoms with Gasteiger partial charge in [-0.05, 0) is 24.8 Å². The van der Waals surface area contributed by atoms with Gasteiger partial charge in [-0.3, -0.25) is 9.48 Å². The number of nitrogens with zero attached hydrogens (tertiary/aromatic N) is 3. The van der Waals surface area contributed by atoms with Crippen molar-refractivity contribution in [3.8, 4) is 6.07 Å². The highest BCUT2D eigenvalue weighted by Gasteiger charge is 2.34. The van der Waals surface area contributed by atoms with E-state index in [2.05, 4.69) is 16.2 Å². The first-order valence-corrected chi connectivity index (χ1v) is 5.94. The molecule has 1 saturated carbocycles. The number of rotatable bonds is 3. The molecule has 2 aromatic heterocycles. The van der Waals surface area contributed by atoms with E-state index in [0.29, 0.717) is 23.2 Å². The van der Waals surface area contributed by atoms with Crippen LogP contribution in [0.15, 0.2) is 17.1 Å². The van der Waals surface area contributed by atoms with Gasteiger partial charge in [0, 0.05) is 6.20 Å². The van der Waals surface area contributed by atoms with Crippen LogP contribution in [0.3, 0.4) is 0 Å². The first-order chi connectivity index (χ1) is 8.72. The fourth-order valence-electron chi connectivity index (χ4n) is 2.41. The number of aromatic nitrogens is 3. The Morgan fingerprint density at radius 2 is 2.44 bits per heavy atom. The molecule has 0 spiro atoms. The molecular formula is C12H13N5O. The van der Waals surface area contributed by atoms with Crippen LogP contribution in [-0.2, 0) is 0 Å². The fraction of sp³-hybridized carbons (Fsp3) is 0.417. The number of anilines is 1. The number of aromatic amines is 1. The molecule has 6 nitrogen and oxygen atoms in total. The quantitative estimate of drug-likeness (QED) is 0.844. The first kappa shape index (κ1) is 10.8. The summed E-state index contributed by atoms with van der Waals surface area (Å²) in [7, 11) is 0. The van der Waals surface area contributed by atoms with Crippen LogP contribution in [0.2, 0.25) is 0 Å². The van der Waals surface area contributed by atoms with Crippen molar-refractivity contribution in [3.05, 3.63) is 22.6 Å². The van der Waals surface area contributed by atoms with Gasteiger partial charge in [0.1, 0.15) is 5.39 Å². The van der Waals surface area contributed by atoms with Gasteiger partial charge in [0.15, 0.2) is 5.82 Å². The molecule has 0 aromatic carbocycles. The summed E-state index contributed by atoms with van der Waals surface area (Å²) in [5.74, 6) is 0.710. The topological polar surface area (TPSA) is 100 Å². The molecule has 0 saturated heterocycles. The van der Waals surface area contributed by atoms with Crippen molar-refractivity contribution in [2.75, 3.05) is 5.73 Å². The summed E-state index contributed by atoms with van der Waals surface area (Å²) in [4.78, 5) is 14.3. The predicted molar refractivity (Wildman–Crippen MR) is 66.8 cm³/mol. The Hall–Kier alpha value is -2.29. The van der Waals surface area contributed by atoms with Gasteiger partial charge in [0.25, 0.3) is 5.56 Å². The molecule has 2 aromatic rings. The second kappa shape index (κ2) is 3.88. The summed E-state index contributed by atoms with van der Waals surface area (Å²) >= 11 is 0. The largest absolute Gasteiger partial charge is 0.382 e. The van der Waals surface area contributed by atoms with Crippen molar-refractivity contribution in [3.63, 3.8) is 0 Å². The lowest BCUT2D eigenvalue weighted by molar-refractivity contribution is 0.426. The number of nitrogens with one attached hydrogen (secondary N) is 1. The Kier molecular flexibility index (Phi) is 2.33. The first-order valence-electron chi connectivity index (χ1n) is 5.94. The maximum Gasteiger partial charge on any atom is 0.261 e. The molecule has 1 atom stereocenters. The lowest BCUT2D eigenvalue weighted by Crippen LogP contribution is -2.13. The molecule has 0 bridgehead atoms. The molecule has 3 N–H and O–H groups in total. The molecule has 3 rings (SSSR count). The predicted octanol–water partition coefficient (Wildman–Crippen LogP) is 1.17. The maximum atomic E-state index is 11.7. The molecule has 1 fully saturated rings. The molecular weight excluding hydrogens is 230 g/mol. The Balaban J connectivity index is 2.20. The number of hydrogen-bond acceptors (Lipinski definition) is 4. The van der Waals surface area contributed by atoms with Crippen LogP contribution in [0.25, 0.3) is 10.9 Å². The van der Waals surface area contributed by atoms with E-state index in [0.717, 1.165) is 12.8 Å². The third-order valence-electron chi connectivity index (χ3n) is 3.44. The number of H-pyrrole nitrogens is 1. The van der Waals surface area contributed by atoms with E-state index in [1.165, 1.54) is 0 Å². The third-order valence-corrected chi connectivity index (χ3v) is 3.44. The van der Waals surface area contributed by atoms with E-state index in [-0.39, 0.29) is 17.4 Å². The van der Waals surface area contributed by atoms with Crippen LogP contribution >= 0.6 is 0 Å². The Morgan fingerprint density at radius 3 is 3.11 bits per heavy atom. The number of fused-ring (bicyclic) bond motifs is 1. The zero-order valence-electron chi connectivity index (χ0n) is 9.76. The highest BCUT2D eigenvalue weighted by atomic mass is 16.1. The normalized spacial score (nSPS) is 16.6. The van der Waals surface area contributed by atoms with Crippen molar-refractivity contribution in [2.24, 2.45) is 5.92 Å². The average Bonchev–Trinajstić information content (AvgIpc) is 3.12. The lowest BCUT2D eigenvalue weighted by Gasteiger charge is -2.14. The van der Waals surface area contributed by atoms with Crippen LogP contribution < -0.4 is 11.3 Å². The van der Waals surface area contributed by atoms with Gasteiger partial charge >= 0.3 is 0 Å². The summed E-state index contributed by atoms with van der Waals surface area (Å²) in [6, 6.07) is 4.00. The summed E-state index contributed by atoms with van der Waals surface area (Å²) in [5, 5.41) is 13.6. The standard InChI is InChI=1S/C12H13N5O/c13-5-3-8(7-1-2-7)17-9-4-6-15-12(18)10(9)11(14)16-17/h4,6-8H,1-3H2,(H2,14,16)(H,15,18). The lowest BCUT2D eigenvalue weighted by atomic mass is 10.1. The van der Waals surface area contributed by atoms with Crippen LogP contribution in [0.1, 0.15) is 25.3 Å². The van der Waals surface area contributed by atoms with E-state index < -0.39 is 0 Å². The van der Waals surface area contributed by atoms with Crippen molar-refractivity contribution in [1.29, 1.82) is 5.26 Å². The molecule has 6 heteroatoms. The van der Waals surface area contributed by atoms with E-state index in [1.54, 1.807) is 16.9 Å². The number of nitriles is 1. The van der Waals surface area contributed by atoms with Crippen molar-refractivity contribution in [2.45, 2.75) is 25.3 Å². The van der Waals surface area contributed by atoms with Gasteiger partial charge in [-0.2, -0.15) is 10.4 Å². The van der Waals surface area contributed by atoms with Gasteiger partial charge in [-0.1, -0.05) is 0 Å². The van der Waals surface area contributed by atoms with Gasteiger partial charge in [-0.15, -0.1) is 0 Å². The Bertz CT molecular complexity index is 689. The monoisotopic (exact) mass is 243 g/mol. The van der Waals surface area contributed by atoms with Crippen molar-refractivity contribution >= 4 is 16.7 Å². The van der Waals surface area contributed by atoms with E-state index >= 15 is 0 Å². The number of hydrogen-bond donors (Lipinski definition) is 2. The SMILES string of the molecule is N#CCC(C1CC1)n1nc(N)c2c(=O)[nH]ccc21. The van der Waals surface area contributed by atoms with E-state index in [4.69, 9.17) is 11.0 Å². The van der Waals surface area contributed by atoms with E-state index in [1.807, 2.05) is 0 Å². The Labute approximate surface area is 103 Å². The van der Waals surface area contributed by atoms with E-state index in [9.17, 15) is 4.79 Å². The Morgan fingerprint density at radius 1 is 1.67 bits per heavy atom. The highest BCUT2D eigenvalue weighted by molar-refractivity contribution is 5.88. The van der Waals surface area contributed by atoms with Crippen LogP contribution in [0, 0.1) is 17.2 Å². The molecule has 0 radical (unpaired) electrons. The highest BCUT2D eigenvalue weighted by Crippen LogP contribution is 2.42. The molecule has 1 aliphatic rings. The van der Waals surface area contributed by atoms with Gasteiger partial charge in [0.2, 0.25) is 0 Å². The summed E-state index contributed by atoms with van der Waals surface area (Å²) in [5.41, 5.74) is 6.28. The maximum absolute atomic E-state index is 11.7. The molecule has 2 heterocycles. The second-order valence-electron chi connectivity index (χ2n) is 4.66. The molecule has 1 aliphatic carbocycles. The summed E-state index contributed by atoms with van der Waals surface area (Å²) < 4.78 is 1.75. The zero-order chi connectivity index (χ0) is 12.7. The smallest absolute Gasteiger partial charge is 0.261 e.